The van der Waals surface area contributed by atoms with Gasteiger partial charge in [-0.3, -0.25) is 14.6 Å². The number of amides is 1. The van der Waals surface area contributed by atoms with Crippen molar-refractivity contribution in [2.45, 2.75) is 11.4 Å². The molecule has 28 heavy (non-hydrogen) atoms. The molecule has 2 aliphatic heterocycles. The Balaban J connectivity index is 1.32. The summed E-state index contributed by atoms with van der Waals surface area (Å²) in [4.78, 5) is 16.9. The van der Waals surface area contributed by atoms with Gasteiger partial charge in [0, 0.05) is 44.8 Å². The van der Waals surface area contributed by atoms with E-state index >= 15 is 0 Å². The average Bonchev–Trinajstić information content (AvgIpc) is 2.89. The molecule has 0 saturated carbocycles. The van der Waals surface area contributed by atoms with Crippen LogP contribution >= 0.6 is 0 Å². The second-order valence-electron chi connectivity index (χ2n) is 7.09. The molecule has 2 aromatic carbocycles. The van der Waals surface area contributed by atoms with Crippen molar-refractivity contribution < 1.29 is 17.6 Å². The van der Waals surface area contributed by atoms with Crippen molar-refractivity contribution in [3.8, 4) is 0 Å². The fraction of sp³-hybridized carbons (Fsp3) is 0.350. The van der Waals surface area contributed by atoms with Crippen molar-refractivity contribution >= 4 is 15.9 Å². The average molecular weight is 403 g/mol. The highest BCUT2D eigenvalue weighted by atomic mass is 32.2. The quantitative estimate of drug-likeness (QED) is 0.762. The largest absolute Gasteiger partial charge is 0.299 e. The van der Waals surface area contributed by atoms with E-state index in [0.29, 0.717) is 18.7 Å². The molecule has 1 amide bonds. The maximum absolute atomic E-state index is 13.8. The lowest BCUT2D eigenvalue weighted by molar-refractivity contribution is 0.0835. The number of halogens is 1. The molecule has 2 heterocycles. The smallest absolute Gasteiger partial charge is 0.269 e. The van der Waals surface area contributed by atoms with E-state index in [1.54, 1.807) is 30.3 Å². The molecule has 0 atom stereocenters. The van der Waals surface area contributed by atoms with Crippen LogP contribution in [0.15, 0.2) is 53.4 Å². The van der Waals surface area contributed by atoms with E-state index in [4.69, 9.17) is 0 Å². The lowest BCUT2D eigenvalue weighted by Gasteiger charge is -2.35. The van der Waals surface area contributed by atoms with E-state index in [9.17, 15) is 17.6 Å². The van der Waals surface area contributed by atoms with Gasteiger partial charge >= 0.3 is 0 Å². The Morgan fingerprint density at radius 2 is 1.50 bits per heavy atom. The summed E-state index contributed by atoms with van der Waals surface area (Å²) in [5.41, 5.74) is 0.930. The molecule has 1 fully saturated rings. The summed E-state index contributed by atoms with van der Waals surface area (Å²) in [6.45, 7) is 4.25. The number of sulfonamides is 1. The molecular formula is C20H22FN3O3S. The number of nitrogens with zero attached hydrogens (tertiary/aromatic N) is 3. The van der Waals surface area contributed by atoms with Gasteiger partial charge in [-0.1, -0.05) is 30.3 Å². The Morgan fingerprint density at radius 1 is 0.857 bits per heavy atom. The van der Waals surface area contributed by atoms with Crippen molar-refractivity contribution in [2.75, 3.05) is 39.3 Å². The van der Waals surface area contributed by atoms with Crippen LogP contribution in [0.2, 0.25) is 0 Å². The first-order chi connectivity index (χ1) is 13.5. The van der Waals surface area contributed by atoms with Gasteiger partial charge < -0.3 is 0 Å². The van der Waals surface area contributed by atoms with Gasteiger partial charge in [-0.2, -0.15) is 0 Å². The number of rotatable bonds is 5. The first-order valence-electron chi connectivity index (χ1n) is 9.31. The van der Waals surface area contributed by atoms with E-state index in [1.807, 2.05) is 6.07 Å². The first kappa shape index (κ1) is 19.0. The van der Waals surface area contributed by atoms with Crippen LogP contribution in [0.4, 0.5) is 4.39 Å². The number of fused-ring (bicyclic) bond motifs is 1. The lowest BCUT2D eigenvalue weighted by atomic mass is 10.2. The monoisotopic (exact) mass is 403 g/mol. The first-order valence-corrected chi connectivity index (χ1v) is 10.7. The molecule has 8 heteroatoms. The fourth-order valence-electron chi connectivity index (χ4n) is 3.72. The Kier molecular flexibility index (Phi) is 5.18. The zero-order chi connectivity index (χ0) is 19.7. The molecular weight excluding hydrogens is 381 g/mol. The number of hydrogen-bond acceptors (Lipinski definition) is 5. The summed E-state index contributed by atoms with van der Waals surface area (Å²) in [5, 5.41) is 0. The second-order valence-corrected chi connectivity index (χ2v) is 8.92. The number of benzene rings is 2. The maximum atomic E-state index is 13.8. The van der Waals surface area contributed by atoms with Crippen molar-refractivity contribution in [1.82, 2.24) is 14.1 Å². The standard InChI is InChI=1S/C20H22FN3O3S/c21-18-7-3-1-5-16(18)15-23-11-9-22(10-12-23)13-14-24-20(25)17-6-2-4-8-19(17)28(24,26)27/h1-8H,9-15H2. The SMILES string of the molecule is O=C1c2ccccc2S(=O)(=O)N1CCN1CCN(Cc2ccccc2F)CC1. The van der Waals surface area contributed by atoms with Crippen LogP contribution < -0.4 is 0 Å². The summed E-state index contributed by atoms with van der Waals surface area (Å²) >= 11 is 0. The molecule has 0 aromatic heterocycles. The van der Waals surface area contributed by atoms with Crippen LogP contribution in [-0.2, 0) is 16.6 Å². The molecule has 0 aliphatic carbocycles. The summed E-state index contributed by atoms with van der Waals surface area (Å²) < 4.78 is 40.0. The molecule has 2 aliphatic rings. The van der Waals surface area contributed by atoms with Gasteiger partial charge in [0.05, 0.1) is 12.1 Å². The Morgan fingerprint density at radius 3 is 2.21 bits per heavy atom. The highest BCUT2D eigenvalue weighted by Crippen LogP contribution is 2.29. The van der Waals surface area contributed by atoms with Crippen LogP contribution in [0.3, 0.4) is 0 Å². The minimum Gasteiger partial charge on any atom is -0.299 e. The Labute approximate surface area is 164 Å². The minimum absolute atomic E-state index is 0.0923. The van der Waals surface area contributed by atoms with Gasteiger partial charge in [-0.15, -0.1) is 0 Å². The highest BCUT2D eigenvalue weighted by Gasteiger charge is 2.40. The molecule has 6 nitrogen and oxygen atoms in total. The van der Waals surface area contributed by atoms with Crippen molar-refractivity contribution in [3.05, 3.63) is 65.5 Å². The third kappa shape index (κ3) is 3.55. The zero-order valence-electron chi connectivity index (χ0n) is 15.4. The highest BCUT2D eigenvalue weighted by molar-refractivity contribution is 7.90. The number of carbonyl (C=O) groups is 1. The molecule has 2 aromatic rings. The van der Waals surface area contributed by atoms with Gasteiger partial charge in [-0.05, 0) is 18.2 Å². The van der Waals surface area contributed by atoms with Gasteiger partial charge in [-0.25, -0.2) is 17.1 Å². The van der Waals surface area contributed by atoms with Crippen LogP contribution in [0.25, 0.3) is 0 Å². The lowest BCUT2D eigenvalue weighted by Crippen LogP contribution is -2.48. The normalized spacial score (nSPS) is 19.8. The summed E-state index contributed by atoms with van der Waals surface area (Å²) in [7, 11) is -3.75. The van der Waals surface area contributed by atoms with Crippen molar-refractivity contribution in [3.63, 3.8) is 0 Å². The van der Waals surface area contributed by atoms with Crippen LogP contribution in [0.5, 0.6) is 0 Å². The number of carbonyl (C=O) groups excluding carboxylic acids is 1. The van der Waals surface area contributed by atoms with Gasteiger partial charge in [0.2, 0.25) is 0 Å². The second kappa shape index (κ2) is 7.62. The van der Waals surface area contributed by atoms with E-state index < -0.39 is 15.9 Å². The number of piperazine rings is 1. The third-order valence-corrected chi connectivity index (χ3v) is 7.19. The molecule has 0 unspecified atom stereocenters. The third-order valence-electron chi connectivity index (χ3n) is 5.35. The molecule has 0 spiro atoms. The van der Waals surface area contributed by atoms with E-state index in [0.717, 1.165) is 30.5 Å². The zero-order valence-corrected chi connectivity index (χ0v) is 16.2. The predicted molar refractivity (Wildman–Crippen MR) is 103 cm³/mol. The van der Waals surface area contributed by atoms with Crippen LogP contribution in [0, 0.1) is 5.82 Å². The topological polar surface area (TPSA) is 60.9 Å². The van der Waals surface area contributed by atoms with Crippen molar-refractivity contribution in [1.29, 1.82) is 0 Å². The van der Waals surface area contributed by atoms with Gasteiger partial charge in [0.15, 0.2) is 0 Å². The fourth-order valence-corrected chi connectivity index (χ4v) is 5.28. The molecule has 1 saturated heterocycles. The van der Waals surface area contributed by atoms with Crippen LogP contribution in [0.1, 0.15) is 15.9 Å². The van der Waals surface area contributed by atoms with E-state index in [-0.39, 0.29) is 22.8 Å². The molecule has 0 radical (unpaired) electrons. The maximum Gasteiger partial charge on any atom is 0.269 e. The van der Waals surface area contributed by atoms with Gasteiger partial charge in [0.25, 0.3) is 15.9 Å². The molecule has 148 valence electrons. The Hall–Kier alpha value is -2.29. The summed E-state index contributed by atoms with van der Waals surface area (Å²) in [6, 6.07) is 13.1. The molecule has 0 N–H and O–H groups in total. The predicted octanol–water partition coefficient (Wildman–Crippen LogP) is 1.79. The summed E-state index contributed by atoms with van der Waals surface area (Å²) in [5.74, 6) is -0.643. The van der Waals surface area contributed by atoms with E-state index in [1.165, 1.54) is 12.1 Å². The molecule has 4 rings (SSSR count). The van der Waals surface area contributed by atoms with Crippen LogP contribution in [-0.4, -0.2) is 67.7 Å². The Bertz CT molecular complexity index is 988. The van der Waals surface area contributed by atoms with Crippen molar-refractivity contribution in [2.24, 2.45) is 0 Å². The summed E-state index contributed by atoms with van der Waals surface area (Å²) in [6.07, 6.45) is 0. The molecule has 0 bridgehead atoms. The van der Waals surface area contributed by atoms with E-state index in [2.05, 4.69) is 9.80 Å². The van der Waals surface area contributed by atoms with Gasteiger partial charge in [0.1, 0.15) is 10.7 Å². The number of hydrogen-bond donors (Lipinski definition) is 0. The minimum atomic E-state index is -3.75.